The third-order valence-corrected chi connectivity index (χ3v) is 6.33. The van der Waals surface area contributed by atoms with Crippen LogP contribution in [0, 0.1) is 4.77 Å². The van der Waals surface area contributed by atoms with Crippen molar-refractivity contribution in [2.24, 2.45) is 0 Å². The number of rotatable bonds is 7. The average Bonchev–Trinajstić information content (AvgIpc) is 3.42. The van der Waals surface area contributed by atoms with E-state index in [9.17, 15) is 4.79 Å². The lowest BCUT2D eigenvalue weighted by atomic mass is 10.1. The third kappa shape index (κ3) is 4.86. The molecule has 3 aromatic rings. The number of aromatic amines is 1. The summed E-state index contributed by atoms with van der Waals surface area (Å²) in [5.74, 6) is 0.592. The molecule has 0 bridgehead atoms. The molecule has 0 radical (unpaired) electrons. The minimum atomic E-state index is -0.468. The third-order valence-electron chi connectivity index (χ3n) is 5.18. The fourth-order valence-corrected chi connectivity index (χ4v) is 4.55. The Morgan fingerprint density at radius 3 is 2.87 bits per heavy atom. The lowest BCUT2D eigenvalue weighted by Gasteiger charge is -2.26. The minimum absolute atomic E-state index is 0.0936. The summed E-state index contributed by atoms with van der Waals surface area (Å²) >= 11 is 6.94. The number of nitrogens with zero attached hydrogens (tertiary/aromatic N) is 3. The number of ether oxygens (including phenoxy) is 1. The molecule has 9 heteroatoms. The van der Waals surface area contributed by atoms with Crippen molar-refractivity contribution < 1.29 is 9.53 Å². The smallest absolute Gasteiger partial charge is 0.243 e. The van der Waals surface area contributed by atoms with Gasteiger partial charge in [0.1, 0.15) is 6.04 Å². The first-order chi connectivity index (χ1) is 14.6. The Morgan fingerprint density at radius 2 is 2.10 bits per heavy atom. The van der Waals surface area contributed by atoms with Gasteiger partial charge in [-0.05, 0) is 41.7 Å². The highest BCUT2D eigenvalue weighted by Gasteiger charge is 2.21. The molecule has 1 amide bonds. The molecule has 2 aromatic heterocycles. The zero-order valence-corrected chi connectivity index (χ0v) is 18.5. The van der Waals surface area contributed by atoms with Crippen molar-refractivity contribution >= 4 is 29.5 Å². The molecular weight excluding hydrogens is 418 g/mol. The molecule has 3 heterocycles. The Morgan fingerprint density at radius 1 is 1.30 bits per heavy atom. The summed E-state index contributed by atoms with van der Waals surface area (Å²) in [6.45, 7) is 6.70. The summed E-state index contributed by atoms with van der Waals surface area (Å²) in [6.07, 6.45) is 0. The van der Waals surface area contributed by atoms with E-state index >= 15 is 0 Å². The molecule has 1 saturated heterocycles. The van der Waals surface area contributed by atoms with Gasteiger partial charge in [0.2, 0.25) is 5.91 Å². The maximum atomic E-state index is 12.9. The minimum Gasteiger partial charge on any atom is -0.379 e. The van der Waals surface area contributed by atoms with Gasteiger partial charge < -0.3 is 10.1 Å². The van der Waals surface area contributed by atoms with E-state index in [1.807, 2.05) is 36.6 Å². The molecule has 0 aliphatic carbocycles. The van der Waals surface area contributed by atoms with Crippen molar-refractivity contribution in [2.75, 3.05) is 26.3 Å². The summed E-state index contributed by atoms with van der Waals surface area (Å²) in [5, 5.41) is 12.1. The van der Waals surface area contributed by atoms with E-state index in [4.69, 9.17) is 17.0 Å². The Hall–Kier alpha value is -2.33. The molecule has 1 atom stereocenters. The normalized spacial score (nSPS) is 15.8. The summed E-state index contributed by atoms with van der Waals surface area (Å²) in [4.78, 5) is 16.2. The SMILES string of the molecule is CC(C(=O)NCc1cccc(CN2CCOCC2)c1)n1c(-c2cccs2)n[nH]c1=S. The lowest BCUT2D eigenvalue weighted by molar-refractivity contribution is -0.124. The molecule has 30 heavy (non-hydrogen) atoms. The first-order valence-corrected chi connectivity index (χ1v) is 11.3. The average molecular weight is 444 g/mol. The van der Waals surface area contributed by atoms with Crippen molar-refractivity contribution in [1.82, 2.24) is 25.0 Å². The second kappa shape index (κ2) is 9.65. The summed E-state index contributed by atoms with van der Waals surface area (Å²) in [7, 11) is 0. The number of morpholine rings is 1. The van der Waals surface area contributed by atoms with Crippen molar-refractivity contribution in [3.8, 4) is 10.7 Å². The topological polar surface area (TPSA) is 75.2 Å². The summed E-state index contributed by atoms with van der Waals surface area (Å²) < 4.78 is 7.62. The number of aromatic nitrogens is 3. The van der Waals surface area contributed by atoms with Crippen molar-refractivity contribution in [3.05, 3.63) is 57.7 Å². The van der Waals surface area contributed by atoms with Gasteiger partial charge in [0.05, 0.1) is 18.1 Å². The van der Waals surface area contributed by atoms with Crippen LogP contribution in [0.1, 0.15) is 24.1 Å². The Bertz CT molecular complexity index is 1040. The molecule has 1 aliphatic rings. The highest BCUT2D eigenvalue weighted by Crippen LogP contribution is 2.25. The van der Waals surface area contributed by atoms with Crippen LogP contribution in [-0.2, 0) is 22.6 Å². The Kier molecular flexibility index (Phi) is 6.73. The van der Waals surface area contributed by atoms with E-state index in [-0.39, 0.29) is 5.91 Å². The van der Waals surface area contributed by atoms with Crippen LogP contribution < -0.4 is 5.32 Å². The van der Waals surface area contributed by atoms with Gasteiger partial charge in [-0.15, -0.1) is 11.3 Å². The fourth-order valence-electron chi connectivity index (χ4n) is 3.55. The van der Waals surface area contributed by atoms with Gasteiger partial charge in [-0.3, -0.25) is 19.4 Å². The number of benzene rings is 1. The highest BCUT2D eigenvalue weighted by atomic mass is 32.1. The van der Waals surface area contributed by atoms with E-state index in [1.165, 1.54) is 5.56 Å². The molecular formula is C21H25N5O2S2. The van der Waals surface area contributed by atoms with E-state index in [2.05, 4.69) is 32.5 Å². The molecule has 1 aliphatic heterocycles. The van der Waals surface area contributed by atoms with Gasteiger partial charge >= 0.3 is 0 Å². The van der Waals surface area contributed by atoms with E-state index in [0.29, 0.717) is 17.1 Å². The lowest BCUT2D eigenvalue weighted by Crippen LogP contribution is -2.35. The zero-order valence-electron chi connectivity index (χ0n) is 16.8. The maximum Gasteiger partial charge on any atom is 0.243 e. The van der Waals surface area contributed by atoms with Crippen molar-refractivity contribution in [1.29, 1.82) is 0 Å². The molecule has 1 aromatic carbocycles. The van der Waals surface area contributed by atoms with Gasteiger partial charge in [0.25, 0.3) is 0 Å². The molecule has 0 spiro atoms. The summed E-state index contributed by atoms with van der Waals surface area (Å²) in [6, 6.07) is 11.8. The van der Waals surface area contributed by atoms with Crippen LogP contribution in [0.15, 0.2) is 41.8 Å². The molecule has 1 fully saturated rings. The fraction of sp³-hybridized carbons (Fsp3) is 0.381. The predicted octanol–water partition coefficient (Wildman–Crippen LogP) is 3.38. The van der Waals surface area contributed by atoms with E-state index in [0.717, 1.165) is 43.3 Å². The van der Waals surface area contributed by atoms with Crippen LogP contribution in [0.5, 0.6) is 0 Å². The Balaban J connectivity index is 1.40. The van der Waals surface area contributed by atoms with E-state index < -0.39 is 6.04 Å². The second-order valence-electron chi connectivity index (χ2n) is 7.30. The quantitative estimate of drug-likeness (QED) is 0.548. The number of hydrogen-bond donors (Lipinski definition) is 2. The van der Waals surface area contributed by atoms with Crippen LogP contribution in [-0.4, -0.2) is 51.9 Å². The number of carbonyl (C=O) groups is 1. The van der Waals surface area contributed by atoms with Gasteiger partial charge in [0.15, 0.2) is 10.6 Å². The van der Waals surface area contributed by atoms with Gasteiger partial charge in [-0.1, -0.05) is 30.3 Å². The first kappa shape index (κ1) is 20.9. The second-order valence-corrected chi connectivity index (χ2v) is 8.64. The predicted molar refractivity (Wildman–Crippen MR) is 120 cm³/mol. The van der Waals surface area contributed by atoms with Gasteiger partial charge in [-0.2, -0.15) is 5.10 Å². The zero-order chi connectivity index (χ0) is 20.9. The number of amides is 1. The van der Waals surface area contributed by atoms with Crippen molar-refractivity contribution in [3.63, 3.8) is 0 Å². The number of nitrogens with one attached hydrogen (secondary N) is 2. The van der Waals surface area contributed by atoms with Crippen molar-refractivity contribution in [2.45, 2.75) is 26.1 Å². The molecule has 4 rings (SSSR count). The van der Waals surface area contributed by atoms with Crippen LogP contribution in [0.4, 0.5) is 0 Å². The maximum absolute atomic E-state index is 12.9. The van der Waals surface area contributed by atoms with Gasteiger partial charge in [-0.25, -0.2) is 0 Å². The largest absolute Gasteiger partial charge is 0.379 e. The highest BCUT2D eigenvalue weighted by molar-refractivity contribution is 7.71. The number of thiophene rings is 1. The molecule has 2 N–H and O–H groups in total. The van der Waals surface area contributed by atoms with Crippen LogP contribution in [0.3, 0.4) is 0 Å². The van der Waals surface area contributed by atoms with Crippen LogP contribution in [0.2, 0.25) is 0 Å². The monoisotopic (exact) mass is 443 g/mol. The van der Waals surface area contributed by atoms with Gasteiger partial charge in [0, 0.05) is 26.2 Å². The summed E-state index contributed by atoms with van der Waals surface area (Å²) in [5.41, 5.74) is 2.32. The number of H-pyrrole nitrogens is 1. The molecule has 7 nitrogen and oxygen atoms in total. The number of hydrogen-bond acceptors (Lipinski definition) is 6. The standard InChI is InChI=1S/C21H25N5O2S2/c1-15(26-19(23-24-21(26)29)18-6-3-11-30-18)20(27)22-13-16-4-2-5-17(12-16)14-25-7-9-28-10-8-25/h2-6,11-12,15H,7-10,13-14H2,1H3,(H,22,27)(H,24,29). The van der Waals surface area contributed by atoms with Crippen LogP contribution in [0.25, 0.3) is 10.7 Å². The molecule has 1 unspecified atom stereocenters. The van der Waals surface area contributed by atoms with Crippen LogP contribution >= 0.6 is 23.6 Å². The molecule has 158 valence electrons. The Labute approximate surface area is 184 Å². The first-order valence-electron chi connectivity index (χ1n) is 9.98. The molecule has 0 saturated carbocycles. The van der Waals surface area contributed by atoms with E-state index in [1.54, 1.807) is 15.9 Å². The number of carbonyl (C=O) groups excluding carboxylic acids is 1.